The number of thiocarbonyl (C=S) groups is 1. The van der Waals surface area contributed by atoms with E-state index in [2.05, 4.69) is 4.90 Å². The highest BCUT2D eigenvalue weighted by molar-refractivity contribution is 7.80. The average molecular weight is 280 g/mol. The third-order valence-corrected chi connectivity index (χ3v) is 4.19. The van der Waals surface area contributed by atoms with Gasteiger partial charge >= 0.3 is 0 Å². The number of hydrogen-bond acceptors (Lipinski definition) is 2. The summed E-state index contributed by atoms with van der Waals surface area (Å²) in [6.45, 7) is 0. The minimum absolute atomic E-state index is 0.133. The second-order valence-corrected chi connectivity index (χ2v) is 5.69. The van der Waals surface area contributed by atoms with E-state index < -0.39 is 0 Å². The number of halogens is 1. The zero-order chi connectivity index (χ0) is 13.8. The number of hydrogen-bond donors (Lipinski definition) is 1. The molecule has 1 fully saturated rings. The fourth-order valence-corrected chi connectivity index (χ4v) is 3.09. The van der Waals surface area contributed by atoms with E-state index in [4.69, 9.17) is 18.0 Å². The van der Waals surface area contributed by atoms with Crippen LogP contribution in [0.2, 0.25) is 0 Å². The van der Waals surface area contributed by atoms with Crippen molar-refractivity contribution in [2.75, 3.05) is 11.9 Å². The highest BCUT2D eigenvalue weighted by atomic mass is 32.1. The van der Waals surface area contributed by atoms with E-state index in [1.807, 2.05) is 13.1 Å². The van der Waals surface area contributed by atoms with Crippen molar-refractivity contribution in [2.45, 2.75) is 44.6 Å². The largest absolute Gasteiger partial charge is 0.389 e. The molecule has 2 nitrogen and oxygen atoms in total. The SMILES string of the molecule is CN(c1cccc(F)c1C(N)=S)C1CCCCCC1. The minimum atomic E-state index is -0.328. The van der Waals surface area contributed by atoms with Gasteiger partial charge in [-0.15, -0.1) is 0 Å². The van der Waals surface area contributed by atoms with Crippen molar-refractivity contribution in [3.63, 3.8) is 0 Å². The van der Waals surface area contributed by atoms with Gasteiger partial charge in [0.1, 0.15) is 10.8 Å². The molecule has 4 heteroatoms. The van der Waals surface area contributed by atoms with Crippen LogP contribution in [0.15, 0.2) is 18.2 Å². The summed E-state index contributed by atoms with van der Waals surface area (Å²) in [6.07, 6.45) is 7.40. The van der Waals surface area contributed by atoms with Crippen LogP contribution in [-0.4, -0.2) is 18.1 Å². The normalized spacial score (nSPS) is 16.9. The number of rotatable bonds is 3. The van der Waals surface area contributed by atoms with Gasteiger partial charge in [-0.2, -0.15) is 0 Å². The van der Waals surface area contributed by atoms with Gasteiger partial charge < -0.3 is 10.6 Å². The lowest BCUT2D eigenvalue weighted by atomic mass is 10.0. The van der Waals surface area contributed by atoms with E-state index in [0.29, 0.717) is 11.6 Å². The Kier molecular flexibility index (Phi) is 4.75. The molecule has 0 amide bonds. The van der Waals surface area contributed by atoms with Crippen molar-refractivity contribution in [3.05, 3.63) is 29.6 Å². The van der Waals surface area contributed by atoms with Gasteiger partial charge in [0.25, 0.3) is 0 Å². The summed E-state index contributed by atoms with van der Waals surface area (Å²) in [5, 5.41) is 0. The Balaban J connectivity index is 2.29. The van der Waals surface area contributed by atoms with Gasteiger partial charge in [-0.05, 0) is 25.0 Å². The molecule has 19 heavy (non-hydrogen) atoms. The van der Waals surface area contributed by atoms with Crippen LogP contribution in [0.4, 0.5) is 10.1 Å². The van der Waals surface area contributed by atoms with Crippen LogP contribution in [-0.2, 0) is 0 Å². The standard InChI is InChI=1S/C15H21FN2S/c1-18(11-7-4-2-3-5-8-11)13-10-6-9-12(16)14(13)15(17)19/h6,9-11H,2-5,7-8H2,1H3,(H2,17,19). The summed E-state index contributed by atoms with van der Waals surface area (Å²) in [7, 11) is 2.02. The minimum Gasteiger partial charge on any atom is -0.389 e. The first kappa shape index (κ1) is 14.3. The van der Waals surface area contributed by atoms with Gasteiger partial charge in [-0.3, -0.25) is 0 Å². The monoisotopic (exact) mass is 280 g/mol. The van der Waals surface area contributed by atoms with E-state index in [1.54, 1.807) is 6.07 Å². The van der Waals surface area contributed by atoms with Crippen molar-refractivity contribution < 1.29 is 4.39 Å². The number of benzene rings is 1. The van der Waals surface area contributed by atoms with Crippen molar-refractivity contribution in [2.24, 2.45) is 5.73 Å². The molecule has 0 heterocycles. The van der Waals surface area contributed by atoms with E-state index in [1.165, 1.54) is 31.7 Å². The van der Waals surface area contributed by atoms with Crippen LogP contribution in [0.5, 0.6) is 0 Å². The summed E-state index contributed by atoms with van der Waals surface area (Å²) < 4.78 is 13.9. The lowest BCUT2D eigenvalue weighted by Crippen LogP contribution is -2.33. The second kappa shape index (κ2) is 6.33. The van der Waals surface area contributed by atoms with Crippen LogP contribution in [0.3, 0.4) is 0 Å². The van der Waals surface area contributed by atoms with Crippen LogP contribution < -0.4 is 10.6 Å². The van der Waals surface area contributed by atoms with Gasteiger partial charge in [0.15, 0.2) is 0 Å². The Morgan fingerprint density at radius 1 is 1.26 bits per heavy atom. The summed E-state index contributed by atoms with van der Waals surface area (Å²) in [6, 6.07) is 5.50. The average Bonchev–Trinajstić information content (AvgIpc) is 2.66. The van der Waals surface area contributed by atoms with Crippen molar-refractivity contribution in [1.29, 1.82) is 0 Å². The molecule has 0 spiro atoms. The van der Waals surface area contributed by atoms with Gasteiger partial charge in [0.2, 0.25) is 0 Å². The Bertz CT molecular complexity index is 453. The Hall–Kier alpha value is -1.16. The summed E-state index contributed by atoms with van der Waals surface area (Å²) >= 11 is 5.00. The maximum Gasteiger partial charge on any atom is 0.135 e. The van der Waals surface area contributed by atoms with Crippen molar-refractivity contribution in [1.82, 2.24) is 0 Å². The molecule has 1 aliphatic rings. The Morgan fingerprint density at radius 3 is 2.47 bits per heavy atom. The van der Waals surface area contributed by atoms with Crippen LogP contribution >= 0.6 is 12.2 Å². The first-order valence-electron chi connectivity index (χ1n) is 6.92. The maximum absolute atomic E-state index is 13.9. The molecule has 0 saturated heterocycles. The third-order valence-electron chi connectivity index (χ3n) is 3.99. The molecule has 0 aliphatic heterocycles. The Labute approximate surface area is 119 Å². The topological polar surface area (TPSA) is 29.3 Å². The highest BCUT2D eigenvalue weighted by Gasteiger charge is 2.21. The number of nitrogens with zero attached hydrogens (tertiary/aromatic N) is 1. The highest BCUT2D eigenvalue weighted by Crippen LogP contribution is 2.29. The first-order valence-corrected chi connectivity index (χ1v) is 7.33. The first-order chi connectivity index (χ1) is 9.11. The number of anilines is 1. The molecule has 0 unspecified atom stereocenters. The predicted molar refractivity (Wildman–Crippen MR) is 82.2 cm³/mol. The molecule has 1 aliphatic carbocycles. The van der Waals surface area contributed by atoms with Gasteiger partial charge in [-0.1, -0.05) is 44.0 Å². The molecule has 1 saturated carbocycles. The van der Waals surface area contributed by atoms with E-state index in [-0.39, 0.29) is 10.8 Å². The van der Waals surface area contributed by atoms with Crippen LogP contribution in [0.1, 0.15) is 44.1 Å². The third kappa shape index (κ3) is 3.24. The molecule has 0 radical (unpaired) electrons. The molecule has 2 N–H and O–H groups in total. The smallest absolute Gasteiger partial charge is 0.135 e. The summed E-state index contributed by atoms with van der Waals surface area (Å²) in [4.78, 5) is 2.29. The van der Waals surface area contributed by atoms with E-state index >= 15 is 0 Å². The Morgan fingerprint density at radius 2 is 1.89 bits per heavy atom. The molecule has 0 atom stereocenters. The summed E-state index contributed by atoms with van der Waals surface area (Å²) in [5.74, 6) is -0.328. The maximum atomic E-state index is 13.9. The molecule has 2 rings (SSSR count). The van der Waals surface area contributed by atoms with Crippen molar-refractivity contribution >= 4 is 22.9 Å². The molecule has 1 aromatic rings. The van der Waals surface area contributed by atoms with Gasteiger partial charge in [0, 0.05) is 18.8 Å². The summed E-state index contributed by atoms with van der Waals surface area (Å²) in [5.41, 5.74) is 6.88. The fourth-order valence-electron chi connectivity index (χ4n) is 2.89. The van der Waals surface area contributed by atoms with Crippen molar-refractivity contribution in [3.8, 4) is 0 Å². The van der Waals surface area contributed by atoms with Crippen LogP contribution in [0, 0.1) is 5.82 Å². The van der Waals surface area contributed by atoms with Gasteiger partial charge in [-0.25, -0.2) is 4.39 Å². The quantitative estimate of drug-likeness (QED) is 0.677. The predicted octanol–water partition coefficient (Wildman–Crippen LogP) is 3.62. The lowest BCUT2D eigenvalue weighted by Gasteiger charge is -2.31. The fraction of sp³-hybridized carbons (Fsp3) is 0.533. The molecule has 0 bridgehead atoms. The van der Waals surface area contributed by atoms with E-state index in [0.717, 1.165) is 18.5 Å². The van der Waals surface area contributed by atoms with Gasteiger partial charge in [0.05, 0.1) is 5.56 Å². The number of nitrogens with two attached hydrogens (primary N) is 1. The molecular formula is C15H21FN2S. The molecule has 0 aromatic heterocycles. The zero-order valence-electron chi connectivity index (χ0n) is 11.4. The molecule has 104 valence electrons. The van der Waals surface area contributed by atoms with Crippen LogP contribution in [0.25, 0.3) is 0 Å². The molecule has 1 aromatic carbocycles. The molecular weight excluding hydrogens is 259 g/mol. The lowest BCUT2D eigenvalue weighted by molar-refractivity contribution is 0.550. The zero-order valence-corrected chi connectivity index (χ0v) is 12.2. The van der Waals surface area contributed by atoms with E-state index in [9.17, 15) is 4.39 Å². The second-order valence-electron chi connectivity index (χ2n) is 5.25.